The van der Waals surface area contributed by atoms with E-state index in [-0.39, 0.29) is 5.69 Å². The van der Waals surface area contributed by atoms with Gasteiger partial charge in [-0.3, -0.25) is 4.98 Å². The molecule has 2 N–H and O–H groups in total. The Labute approximate surface area is 172 Å². The predicted octanol–water partition coefficient (Wildman–Crippen LogP) is 2.84. The minimum Gasteiger partial charge on any atom is -0.369 e. The van der Waals surface area contributed by atoms with Gasteiger partial charge in [0.25, 0.3) is 0 Å². The van der Waals surface area contributed by atoms with E-state index in [2.05, 4.69) is 37.3 Å². The van der Waals surface area contributed by atoms with Crippen LogP contribution in [-0.4, -0.2) is 45.7 Å². The van der Waals surface area contributed by atoms with Gasteiger partial charge in [0.1, 0.15) is 0 Å². The lowest BCUT2D eigenvalue weighted by Crippen LogP contribution is -2.43. The molecule has 1 aliphatic rings. The van der Waals surface area contributed by atoms with Gasteiger partial charge in [-0.05, 0) is 30.3 Å². The minimum absolute atomic E-state index is 0.298. The van der Waals surface area contributed by atoms with Gasteiger partial charge in [-0.2, -0.15) is 0 Å². The first-order chi connectivity index (χ1) is 14.2. The number of H-pyrrole nitrogens is 1. The maximum absolute atomic E-state index is 12.5. The van der Waals surface area contributed by atoms with Gasteiger partial charge in [0.05, 0.1) is 17.6 Å². The summed E-state index contributed by atoms with van der Waals surface area (Å²) in [5, 5.41) is 3.92. The molecule has 4 aromatic rings. The second kappa shape index (κ2) is 7.35. The quantitative estimate of drug-likeness (QED) is 0.547. The fraction of sp³-hybridized carbons (Fsp3) is 0.190. The molecule has 0 unspecified atom stereocenters. The summed E-state index contributed by atoms with van der Waals surface area (Å²) in [7, 11) is 0. The molecule has 2 aromatic carbocycles. The lowest BCUT2D eigenvalue weighted by atomic mass is 10.1. The maximum Gasteiger partial charge on any atom is 0.333 e. The third kappa shape index (κ3) is 3.39. The maximum atomic E-state index is 12.5. The Bertz CT molecular complexity index is 1220. The predicted molar refractivity (Wildman–Crippen MR) is 115 cm³/mol. The first kappa shape index (κ1) is 17.9. The molecule has 1 aliphatic heterocycles. The van der Waals surface area contributed by atoms with E-state index >= 15 is 0 Å². The van der Waals surface area contributed by atoms with E-state index in [9.17, 15) is 4.79 Å². The summed E-state index contributed by atoms with van der Waals surface area (Å²) < 4.78 is 1.48. The van der Waals surface area contributed by atoms with Gasteiger partial charge < -0.3 is 10.2 Å². The Morgan fingerprint density at radius 1 is 1.00 bits per heavy atom. The summed E-state index contributed by atoms with van der Waals surface area (Å²) in [5.41, 5.74) is 4.13. The number of hydrogen-bond acceptors (Lipinski definition) is 5. The lowest BCUT2D eigenvalue weighted by molar-refractivity contribution is 0.589. The summed E-state index contributed by atoms with van der Waals surface area (Å²) in [4.78, 5) is 26.8. The SMILES string of the molecule is O=c1[nH]c2nc(-c3ccc(N4CCNCC4)cc3)cnc2n1-c1cccc(Cl)c1. The van der Waals surface area contributed by atoms with Crippen molar-refractivity contribution < 1.29 is 0 Å². The molecular formula is C21H19ClN6O. The van der Waals surface area contributed by atoms with Gasteiger partial charge in [0.2, 0.25) is 0 Å². The minimum atomic E-state index is -0.298. The number of anilines is 1. The first-order valence-electron chi connectivity index (χ1n) is 9.49. The van der Waals surface area contributed by atoms with Crippen LogP contribution in [0.2, 0.25) is 5.02 Å². The molecule has 0 aliphatic carbocycles. The molecule has 3 heterocycles. The number of hydrogen-bond donors (Lipinski definition) is 2. The van der Waals surface area contributed by atoms with Crippen LogP contribution >= 0.6 is 11.6 Å². The highest BCUT2D eigenvalue weighted by Gasteiger charge is 2.14. The summed E-state index contributed by atoms with van der Waals surface area (Å²) >= 11 is 6.07. The number of aromatic amines is 1. The van der Waals surface area contributed by atoms with Gasteiger partial charge in [-0.15, -0.1) is 0 Å². The zero-order valence-electron chi connectivity index (χ0n) is 15.6. The number of benzene rings is 2. The molecule has 8 heteroatoms. The summed E-state index contributed by atoms with van der Waals surface area (Å²) in [6.45, 7) is 4.01. The van der Waals surface area contributed by atoms with E-state index < -0.39 is 0 Å². The summed E-state index contributed by atoms with van der Waals surface area (Å²) in [6, 6.07) is 15.4. The van der Waals surface area contributed by atoms with Crippen LogP contribution in [0.1, 0.15) is 0 Å². The zero-order valence-corrected chi connectivity index (χ0v) is 16.4. The van der Waals surface area contributed by atoms with Crippen LogP contribution in [0, 0.1) is 0 Å². The molecule has 29 heavy (non-hydrogen) atoms. The van der Waals surface area contributed by atoms with Crippen molar-refractivity contribution in [2.45, 2.75) is 0 Å². The van der Waals surface area contributed by atoms with E-state index in [1.165, 1.54) is 10.3 Å². The second-order valence-electron chi connectivity index (χ2n) is 6.96. The molecule has 7 nitrogen and oxygen atoms in total. The van der Waals surface area contributed by atoms with E-state index in [4.69, 9.17) is 11.6 Å². The van der Waals surface area contributed by atoms with E-state index in [0.29, 0.717) is 27.7 Å². The lowest BCUT2D eigenvalue weighted by Gasteiger charge is -2.29. The molecule has 0 atom stereocenters. The van der Waals surface area contributed by atoms with Crippen molar-refractivity contribution in [2.75, 3.05) is 31.1 Å². The monoisotopic (exact) mass is 406 g/mol. The van der Waals surface area contributed by atoms with Crippen LogP contribution in [0.15, 0.2) is 59.5 Å². The number of fused-ring (bicyclic) bond motifs is 1. The number of nitrogens with one attached hydrogen (secondary N) is 2. The van der Waals surface area contributed by atoms with Gasteiger partial charge in [0.15, 0.2) is 11.3 Å². The third-order valence-corrected chi connectivity index (χ3v) is 5.34. The van der Waals surface area contributed by atoms with Crippen molar-refractivity contribution in [3.8, 4) is 16.9 Å². The molecule has 0 spiro atoms. The fourth-order valence-electron chi connectivity index (χ4n) is 3.64. The van der Waals surface area contributed by atoms with Gasteiger partial charge in [-0.1, -0.05) is 29.8 Å². The van der Waals surface area contributed by atoms with E-state index in [1.54, 1.807) is 24.4 Å². The Morgan fingerprint density at radius 2 is 1.79 bits per heavy atom. The van der Waals surface area contributed by atoms with Gasteiger partial charge >= 0.3 is 5.69 Å². The molecule has 146 valence electrons. The normalized spacial score (nSPS) is 14.4. The highest BCUT2D eigenvalue weighted by Crippen LogP contribution is 2.23. The van der Waals surface area contributed by atoms with Crippen molar-refractivity contribution in [2.24, 2.45) is 0 Å². The summed E-state index contributed by atoms with van der Waals surface area (Å²) in [5.74, 6) is 0. The highest BCUT2D eigenvalue weighted by atomic mass is 35.5. The molecule has 1 fully saturated rings. The Morgan fingerprint density at radius 3 is 2.55 bits per heavy atom. The topological polar surface area (TPSA) is 78.8 Å². The van der Waals surface area contributed by atoms with Crippen molar-refractivity contribution in [3.05, 3.63) is 70.2 Å². The number of piperazine rings is 1. The van der Waals surface area contributed by atoms with Crippen LogP contribution in [0.4, 0.5) is 5.69 Å². The van der Waals surface area contributed by atoms with E-state index in [0.717, 1.165) is 31.7 Å². The zero-order chi connectivity index (χ0) is 19.8. The van der Waals surface area contributed by atoms with Crippen LogP contribution in [0.3, 0.4) is 0 Å². The standard InChI is InChI=1S/C21H19ClN6O/c22-15-2-1-3-17(12-15)28-20-19(26-21(28)29)25-18(13-24-20)14-4-6-16(7-5-14)27-10-8-23-9-11-27/h1-7,12-13,23H,8-11H2,(H,25,26,29). The van der Waals surface area contributed by atoms with Crippen molar-refractivity contribution in [1.82, 2.24) is 24.8 Å². The number of rotatable bonds is 3. The first-order valence-corrected chi connectivity index (χ1v) is 9.87. The van der Waals surface area contributed by atoms with Crippen molar-refractivity contribution >= 4 is 28.6 Å². The highest BCUT2D eigenvalue weighted by molar-refractivity contribution is 6.30. The molecule has 0 saturated carbocycles. The molecule has 0 amide bonds. The Balaban J connectivity index is 1.50. The van der Waals surface area contributed by atoms with E-state index in [1.807, 2.05) is 18.2 Å². The van der Waals surface area contributed by atoms with Crippen molar-refractivity contribution in [1.29, 1.82) is 0 Å². The fourth-order valence-corrected chi connectivity index (χ4v) is 3.83. The second-order valence-corrected chi connectivity index (χ2v) is 7.39. The number of nitrogens with zero attached hydrogens (tertiary/aromatic N) is 4. The van der Waals surface area contributed by atoms with Crippen LogP contribution in [0.5, 0.6) is 0 Å². The average Bonchev–Trinajstić information content (AvgIpc) is 3.09. The largest absolute Gasteiger partial charge is 0.369 e. The summed E-state index contributed by atoms with van der Waals surface area (Å²) in [6.07, 6.45) is 1.69. The Kier molecular flexibility index (Phi) is 4.54. The molecule has 0 bridgehead atoms. The smallest absolute Gasteiger partial charge is 0.333 e. The number of aromatic nitrogens is 4. The van der Waals surface area contributed by atoms with Crippen molar-refractivity contribution in [3.63, 3.8) is 0 Å². The molecule has 5 rings (SSSR count). The van der Waals surface area contributed by atoms with Gasteiger partial charge in [0, 0.05) is 42.5 Å². The molecular weight excluding hydrogens is 388 g/mol. The molecule has 0 radical (unpaired) electrons. The number of halogens is 1. The average molecular weight is 407 g/mol. The Hall–Kier alpha value is -3.16. The third-order valence-electron chi connectivity index (χ3n) is 5.11. The number of imidazole rings is 1. The van der Waals surface area contributed by atoms with Crippen LogP contribution < -0.4 is 15.9 Å². The molecule has 1 saturated heterocycles. The van der Waals surface area contributed by atoms with Crippen LogP contribution in [0.25, 0.3) is 28.2 Å². The van der Waals surface area contributed by atoms with Gasteiger partial charge in [-0.25, -0.2) is 19.3 Å². The van der Waals surface area contributed by atoms with Crippen LogP contribution in [-0.2, 0) is 0 Å². The molecule has 2 aromatic heterocycles.